The Kier molecular flexibility index (Phi) is 7.82. The molecule has 5 aliphatic rings. The summed E-state index contributed by atoms with van der Waals surface area (Å²) in [5.41, 5.74) is 0.125. The van der Waals surface area contributed by atoms with Gasteiger partial charge in [-0.3, -0.25) is 4.79 Å². The second-order valence-electron chi connectivity index (χ2n) is 17.5. The molecule has 4 fully saturated rings. The molecule has 0 bridgehead atoms. The van der Waals surface area contributed by atoms with Crippen LogP contribution in [0, 0.1) is 50.2 Å². The summed E-state index contributed by atoms with van der Waals surface area (Å²) >= 11 is 0. The van der Waals surface area contributed by atoms with Gasteiger partial charge in [-0.05, 0) is 127 Å². The number of allylic oxidation sites excluding steroid dienone is 1. The molecule has 0 spiro atoms. The smallest absolute Gasteiger partial charge is 0.330 e. The van der Waals surface area contributed by atoms with E-state index in [4.69, 9.17) is 4.74 Å². The van der Waals surface area contributed by atoms with E-state index in [-0.39, 0.29) is 51.8 Å². The number of esters is 1. The number of rotatable bonds is 5. The zero-order valence-electron chi connectivity index (χ0n) is 28.6. The van der Waals surface area contributed by atoms with Gasteiger partial charge in [-0.1, -0.05) is 59.3 Å². The van der Waals surface area contributed by atoms with Crippen LogP contribution in [0.2, 0.25) is 0 Å². The zero-order chi connectivity index (χ0) is 33.5. The normalized spacial score (nSPS) is 40.9. The molecule has 6 rings (SSSR count). The fourth-order valence-corrected chi connectivity index (χ4v) is 11.8. The van der Waals surface area contributed by atoms with Gasteiger partial charge in [0, 0.05) is 11.5 Å². The summed E-state index contributed by atoms with van der Waals surface area (Å²) in [5.74, 6) is -1.07. The monoisotopic (exact) mass is 634 g/mol. The zero-order valence-corrected chi connectivity index (χ0v) is 28.6. The number of fused-ring (bicyclic) bond motifs is 7. The first-order chi connectivity index (χ1) is 21.4. The number of carbonyl (C=O) groups is 2. The minimum absolute atomic E-state index is 0.00269. The molecule has 0 aliphatic heterocycles. The van der Waals surface area contributed by atoms with Crippen LogP contribution in [0.5, 0.6) is 11.5 Å². The van der Waals surface area contributed by atoms with Crippen LogP contribution < -0.4 is 0 Å². The van der Waals surface area contributed by atoms with Crippen molar-refractivity contribution in [3.63, 3.8) is 0 Å². The Morgan fingerprint density at radius 1 is 0.913 bits per heavy atom. The van der Waals surface area contributed by atoms with Crippen LogP contribution in [0.4, 0.5) is 0 Å². The molecule has 0 saturated heterocycles. The average Bonchev–Trinajstić information content (AvgIpc) is 2.98. The predicted molar refractivity (Wildman–Crippen MR) is 177 cm³/mol. The van der Waals surface area contributed by atoms with Crippen molar-refractivity contribution in [2.75, 3.05) is 6.61 Å². The van der Waals surface area contributed by atoms with Gasteiger partial charge < -0.3 is 25.2 Å². The van der Waals surface area contributed by atoms with Gasteiger partial charge in [0.25, 0.3) is 0 Å². The Balaban J connectivity index is 1.40. The fourth-order valence-electron chi connectivity index (χ4n) is 11.8. The number of phenols is 2. The van der Waals surface area contributed by atoms with Crippen molar-refractivity contribution in [1.29, 1.82) is 0 Å². The van der Waals surface area contributed by atoms with Gasteiger partial charge in [0.05, 0.1) is 11.5 Å². The number of aliphatic carboxylic acids is 1. The maximum atomic E-state index is 13.4. The first-order valence-corrected chi connectivity index (χ1v) is 17.4. The molecule has 0 aromatic heterocycles. The highest BCUT2D eigenvalue weighted by Gasteiger charge is 2.70. The number of phenolic OH excluding ortho intramolecular Hbond substituents is 2. The van der Waals surface area contributed by atoms with Gasteiger partial charge in [-0.15, -0.1) is 0 Å². The van der Waals surface area contributed by atoms with E-state index in [1.54, 1.807) is 12.1 Å². The van der Waals surface area contributed by atoms with Crippen LogP contribution in [0.25, 0.3) is 6.08 Å². The third-order valence-corrected chi connectivity index (χ3v) is 14.6. The highest BCUT2D eigenvalue weighted by atomic mass is 16.5. The molecule has 0 heterocycles. The number of ether oxygens (including phenoxy) is 1. The van der Waals surface area contributed by atoms with Crippen LogP contribution in [-0.2, 0) is 14.3 Å². The highest BCUT2D eigenvalue weighted by Crippen LogP contribution is 2.76. The molecule has 7 heteroatoms. The van der Waals surface area contributed by atoms with Gasteiger partial charge in [0.2, 0.25) is 0 Å². The number of carbonyl (C=O) groups excluding carboxylic acids is 1. The second kappa shape index (κ2) is 10.9. The third-order valence-electron chi connectivity index (χ3n) is 14.6. The number of carboxylic acid groups (broad SMARTS) is 1. The Morgan fingerprint density at radius 2 is 1.63 bits per heavy atom. The average molecular weight is 635 g/mol. The van der Waals surface area contributed by atoms with E-state index >= 15 is 0 Å². The summed E-state index contributed by atoms with van der Waals surface area (Å²) in [6.07, 6.45) is 13.2. The molecule has 5 aliphatic carbocycles. The quantitative estimate of drug-likeness (QED) is 0.112. The standard InChI is InChI=1S/C39H54O7/c1-34(2)17-18-38(33(44)45)19-20-39(23-46-32(43)12-8-24-7-10-27(40)28(41)21-24)25(26(38)22-34)9-11-30-36(5)15-14-31(42)35(3,4)29(36)13-16-37(30,39)6/h7-10,12,21,26,29-31,40-42H,11,13-20,22-23H2,1-6H3,(H,44,45)/b12-8+/t26-,29-,30+,31-,36-,37+,38-,39-/m0/s1. The van der Waals surface area contributed by atoms with Gasteiger partial charge >= 0.3 is 11.9 Å². The maximum absolute atomic E-state index is 13.4. The van der Waals surface area contributed by atoms with Crippen LogP contribution in [0.15, 0.2) is 35.9 Å². The first-order valence-electron chi connectivity index (χ1n) is 17.4. The molecule has 7 nitrogen and oxygen atoms in total. The van der Waals surface area contributed by atoms with E-state index in [9.17, 15) is 30.0 Å². The third kappa shape index (κ3) is 4.77. The molecule has 0 amide bonds. The lowest BCUT2D eigenvalue weighted by Crippen LogP contribution is -2.66. The molecule has 252 valence electrons. The van der Waals surface area contributed by atoms with E-state index in [0.29, 0.717) is 36.7 Å². The number of aliphatic hydroxyl groups excluding tert-OH is 1. The number of hydrogen-bond acceptors (Lipinski definition) is 6. The Morgan fingerprint density at radius 3 is 2.33 bits per heavy atom. The van der Waals surface area contributed by atoms with Crippen molar-refractivity contribution in [1.82, 2.24) is 0 Å². The topological polar surface area (TPSA) is 124 Å². The molecule has 1 aromatic rings. The minimum atomic E-state index is -0.795. The summed E-state index contributed by atoms with van der Waals surface area (Å²) in [4.78, 5) is 26.5. The molecular weight excluding hydrogens is 580 g/mol. The lowest BCUT2D eigenvalue weighted by atomic mass is 9.33. The number of carboxylic acids is 1. The fraction of sp³-hybridized carbons (Fsp3) is 0.692. The molecule has 4 N–H and O–H groups in total. The van der Waals surface area contributed by atoms with E-state index in [0.717, 1.165) is 44.9 Å². The summed E-state index contributed by atoms with van der Waals surface area (Å²) in [6.45, 7) is 14.0. The minimum Gasteiger partial charge on any atom is -0.504 e. The van der Waals surface area contributed by atoms with Crippen LogP contribution in [0.3, 0.4) is 0 Å². The lowest BCUT2D eigenvalue weighted by Gasteiger charge is -2.71. The van der Waals surface area contributed by atoms with Gasteiger partial charge in [0.1, 0.15) is 6.61 Å². The lowest BCUT2D eigenvalue weighted by molar-refractivity contribution is -0.217. The first kappa shape index (κ1) is 33.1. The van der Waals surface area contributed by atoms with Crippen molar-refractivity contribution >= 4 is 18.0 Å². The highest BCUT2D eigenvalue weighted by molar-refractivity contribution is 5.87. The van der Waals surface area contributed by atoms with Crippen LogP contribution >= 0.6 is 0 Å². The van der Waals surface area contributed by atoms with E-state index < -0.39 is 22.8 Å². The summed E-state index contributed by atoms with van der Waals surface area (Å²) < 4.78 is 6.22. The van der Waals surface area contributed by atoms with Crippen molar-refractivity contribution in [2.24, 2.45) is 50.2 Å². The number of aliphatic hydroxyl groups is 1. The Hall–Kier alpha value is -2.80. The largest absolute Gasteiger partial charge is 0.504 e. The molecule has 0 radical (unpaired) electrons. The van der Waals surface area contributed by atoms with E-state index in [1.807, 2.05) is 0 Å². The summed E-state index contributed by atoms with van der Waals surface area (Å²) in [6, 6.07) is 4.39. The van der Waals surface area contributed by atoms with Crippen LogP contribution in [0.1, 0.15) is 111 Å². The van der Waals surface area contributed by atoms with E-state index in [2.05, 4.69) is 47.6 Å². The molecule has 0 unspecified atom stereocenters. The Labute approximate surface area is 274 Å². The molecule has 1 aromatic carbocycles. The second-order valence-corrected chi connectivity index (χ2v) is 17.5. The Bertz CT molecular complexity index is 1470. The maximum Gasteiger partial charge on any atom is 0.330 e. The number of hydrogen-bond donors (Lipinski definition) is 4. The van der Waals surface area contributed by atoms with E-state index in [1.165, 1.54) is 23.8 Å². The predicted octanol–water partition coefficient (Wildman–Crippen LogP) is 7.88. The van der Waals surface area contributed by atoms with Crippen molar-refractivity contribution in [2.45, 2.75) is 112 Å². The number of aromatic hydroxyl groups is 2. The van der Waals surface area contributed by atoms with Gasteiger partial charge in [-0.25, -0.2) is 4.79 Å². The number of benzene rings is 1. The molecular formula is C39H54O7. The summed E-state index contributed by atoms with van der Waals surface area (Å²) in [5, 5.41) is 41.4. The van der Waals surface area contributed by atoms with Crippen molar-refractivity contribution in [3.8, 4) is 11.5 Å². The molecule has 4 saturated carbocycles. The molecule has 46 heavy (non-hydrogen) atoms. The SMILES string of the molecule is CC1(C)CC[C@]2(C(=O)O)CC[C@]3(COC(=O)/C=C/c4ccc(O)c(O)c4)C(=CC[C@@H]4[C@@]5(C)CC[C@H](O)C(C)(C)[C@@H]5CC[C@]43C)[C@@H]2C1. The van der Waals surface area contributed by atoms with Gasteiger partial charge in [0.15, 0.2) is 11.5 Å². The molecule has 8 atom stereocenters. The van der Waals surface area contributed by atoms with Crippen molar-refractivity contribution in [3.05, 3.63) is 41.5 Å². The van der Waals surface area contributed by atoms with Crippen molar-refractivity contribution < 1.29 is 34.8 Å². The van der Waals surface area contributed by atoms with Gasteiger partial charge in [-0.2, -0.15) is 0 Å². The van der Waals surface area contributed by atoms with Crippen LogP contribution in [-0.4, -0.2) is 45.1 Å². The summed E-state index contributed by atoms with van der Waals surface area (Å²) in [7, 11) is 0.